The Bertz CT molecular complexity index is 685. The third-order valence-corrected chi connectivity index (χ3v) is 3.63. The van der Waals surface area contributed by atoms with E-state index in [4.69, 9.17) is 4.74 Å². The zero-order valence-electron chi connectivity index (χ0n) is 15.4. The van der Waals surface area contributed by atoms with E-state index < -0.39 is 4.92 Å². The largest absolute Gasteiger partial charge is 0.501 e. The summed E-state index contributed by atoms with van der Waals surface area (Å²) in [5.41, 5.74) is 0.768. The van der Waals surface area contributed by atoms with E-state index in [0.717, 1.165) is 24.0 Å². The van der Waals surface area contributed by atoms with E-state index in [9.17, 15) is 15.2 Å². The number of benzene rings is 1. The van der Waals surface area contributed by atoms with Gasteiger partial charge in [-0.1, -0.05) is 33.8 Å². The minimum absolute atomic E-state index is 0.273. The molecule has 1 aromatic carbocycles. The van der Waals surface area contributed by atoms with Crippen LogP contribution in [0.2, 0.25) is 0 Å². The third-order valence-electron chi connectivity index (χ3n) is 3.63. The number of aromatic hydroxyl groups is 1. The van der Waals surface area contributed by atoms with Crippen molar-refractivity contribution in [1.82, 2.24) is 9.88 Å². The van der Waals surface area contributed by atoms with Crippen LogP contribution in [0.15, 0.2) is 24.4 Å². The summed E-state index contributed by atoms with van der Waals surface area (Å²) in [6.45, 7) is 11.5. The zero-order valence-corrected chi connectivity index (χ0v) is 15.4. The zero-order chi connectivity index (χ0) is 18.8. The Hall–Kier alpha value is -2.25. The number of nitrogens with zero attached hydrogens (tertiary/aromatic N) is 3. The van der Waals surface area contributed by atoms with Crippen LogP contribution in [-0.4, -0.2) is 46.2 Å². The van der Waals surface area contributed by atoms with Crippen LogP contribution in [0.4, 0.5) is 5.69 Å². The van der Waals surface area contributed by atoms with Gasteiger partial charge in [-0.3, -0.25) is 20.0 Å². The molecule has 1 fully saturated rings. The summed E-state index contributed by atoms with van der Waals surface area (Å²) in [5.74, 6) is -0.374. The number of rotatable bonds is 3. The average molecular weight is 349 g/mol. The van der Waals surface area contributed by atoms with Crippen molar-refractivity contribution in [2.75, 3.05) is 26.3 Å². The predicted octanol–water partition coefficient (Wildman–Crippen LogP) is 3.73. The number of aromatic nitrogens is 1. The molecule has 0 atom stereocenters. The Morgan fingerprint density at radius 2 is 1.92 bits per heavy atom. The summed E-state index contributed by atoms with van der Waals surface area (Å²) in [5, 5.41) is 21.8. The summed E-state index contributed by atoms with van der Waals surface area (Å²) in [7, 11) is 0. The molecule has 2 heterocycles. The molecular weight excluding hydrogens is 322 g/mol. The summed E-state index contributed by atoms with van der Waals surface area (Å²) in [6, 6.07) is 5.02. The fourth-order valence-corrected chi connectivity index (χ4v) is 2.56. The van der Waals surface area contributed by atoms with Crippen LogP contribution >= 0.6 is 0 Å². The second-order valence-electron chi connectivity index (χ2n) is 4.95. The van der Waals surface area contributed by atoms with Gasteiger partial charge in [-0.25, -0.2) is 0 Å². The summed E-state index contributed by atoms with van der Waals surface area (Å²) in [4.78, 5) is 16.8. The van der Waals surface area contributed by atoms with Crippen LogP contribution in [0.1, 0.15) is 33.3 Å². The van der Waals surface area contributed by atoms with Gasteiger partial charge in [0.25, 0.3) is 0 Å². The Morgan fingerprint density at radius 3 is 2.52 bits per heavy atom. The van der Waals surface area contributed by atoms with E-state index in [1.54, 1.807) is 6.07 Å². The fourth-order valence-electron chi connectivity index (χ4n) is 2.56. The highest BCUT2D eigenvalue weighted by Gasteiger charge is 2.22. The van der Waals surface area contributed by atoms with Gasteiger partial charge in [-0.2, -0.15) is 0 Å². The number of morpholine rings is 1. The second kappa shape index (κ2) is 10.6. The SMILES string of the molecule is CC.CC.O=[N+]([O-])c1cc(CN2CCOCC2)c2cccnc2c1O. The van der Waals surface area contributed by atoms with Gasteiger partial charge in [0, 0.05) is 37.3 Å². The first kappa shape index (κ1) is 20.8. The van der Waals surface area contributed by atoms with E-state index >= 15 is 0 Å². The van der Waals surface area contributed by atoms with Crippen molar-refractivity contribution in [2.24, 2.45) is 0 Å². The van der Waals surface area contributed by atoms with Gasteiger partial charge in [0.2, 0.25) is 5.75 Å². The Labute approximate surface area is 148 Å². The molecule has 1 N–H and O–H groups in total. The van der Waals surface area contributed by atoms with Crippen molar-refractivity contribution in [3.63, 3.8) is 0 Å². The van der Waals surface area contributed by atoms with Crippen LogP contribution in [-0.2, 0) is 11.3 Å². The highest BCUT2D eigenvalue weighted by Crippen LogP contribution is 2.35. The van der Waals surface area contributed by atoms with Crippen molar-refractivity contribution in [1.29, 1.82) is 0 Å². The summed E-state index contributed by atoms with van der Waals surface area (Å²) < 4.78 is 5.30. The molecule has 7 nitrogen and oxygen atoms in total. The molecule has 3 rings (SSSR count). The smallest absolute Gasteiger partial charge is 0.313 e. The number of hydrogen-bond acceptors (Lipinski definition) is 6. The number of phenols is 1. The molecule has 0 saturated carbocycles. The van der Waals surface area contributed by atoms with Crippen molar-refractivity contribution in [2.45, 2.75) is 34.2 Å². The van der Waals surface area contributed by atoms with Crippen molar-refractivity contribution in [3.8, 4) is 5.75 Å². The molecule has 1 saturated heterocycles. The number of hydrogen-bond donors (Lipinski definition) is 1. The molecule has 0 unspecified atom stereocenters. The highest BCUT2D eigenvalue weighted by molar-refractivity contribution is 5.90. The lowest BCUT2D eigenvalue weighted by Gasteiger charge is -2.27. The van der Waals surface area contributed by atoms with E-state index in [1.165, 1.54) is 12.3 Å². The molecule has 0 bridgehead atoms. The lowest BCUT2D eigenvalue weighted by Crippen LogP contribution is -2.35. The monoisotopic (exact) mass is 349 g/mol. The highest BCUT2D eigenvalue weighted by atomic mass is 16.6. The minimum atomic E-state index is -0.577. The maximum absolute atomic E-state index is 11.1. The molecule has 0 radical (unpaired) electrons. The molecule has 0 spiro atoms. The molecular formula is C18H27N3O4. The molecule has 0 aliphatic carbocycles. The molecule has 0 amide bonds. The summed E-state index contributed by atoms with van der Waals surface area (Å²) >= 11 is 0. The molecule has 1 aliphatic rings. The van der Waals surface area contributed by atoms with Crippen LogP contribution in [0.5, 0.6) is 5.75 Å². The van der Waals surface area contributed by atoms with Crippen molar-refractivity contribution in [3.05, 3.63) is 40.1 Å². The normalized spacial score (nSPS) is 14.1. The standard InChI is InChI=1S/C14H15N3O4.2C2H6/c18-14-12(17(19)20)8-10(9-16-4-6-21-7-5-16)11-2-1-3-15-13(11)14;2*1-2/h1-3,8,18H,4-7,9H2;2*1-2H3. The van der Waals surface area contributed by atoms with Crippen LogP contribution in [0.3, 0.4) is 0 Å². The van der Waals surface area contributed by atoms with E-state index in [2.05, 4.69) is 9.88 Å². The maximum Gasteiger partial charge on any atom is 0.313 e. The minimum Gasteiger partial charge on any atom is -0.501 e. The number of phenolic OH excluding ortho intramolecular Hbond substituents is 1. The van der Waals surface area contributed by atoms with Gasteiger partial charge in [-0.15, -0.1) is 0 Å². The molecule has 1 aliphatic heterocycles. The fraction of sp³-hybridized carbons (Fsp3) is 0.500. The molecule has 25 heavy (non-hydrogen) atoms. The molecule has 2 aromatic rings. The van der Waals surface area contributed by atoms with Crippen LogP contribution < -0.4 is 0 Å². The number of ether oxygens (including phenoxy) is 1. The number of pyridine rings is 1. The predicted molar refractivity (Wildman–Crippen MR) is 98.9 cm³/mol. The van der Waals surface area contributed by atoms with Gasteiger partial charge in [0.15, 0.2) is 0 Å². The van der Waals surface area contributed by atoms with Gasteiger partial charge in [-0.05, 0) is 11.6 Å². The van der Waals surface area contributed by atoms with Crippen LogP contribution in [0.25, 0.3) is 10.9 Å². The van der Waals surface area contributed by atoms with Crippen LogP contribution in [0, 0.1) is 10.1 Å². The number of fused-ring (bicyclic) bond motifs is 1. The first-order valence-corrected chi connectivity index (χ1v) is 8.71. The molecule has 138 valence electrons. The first-order valence-electron chi connectivity index (χ1n) is 8.71. The topological polar surface area (TPSA) is 88.7 Å². The lowest BCUT2D eigenvalue weighted by molar-refractivity contribution is -0.385. The van der Waals surface area contributed by atoms with Gasteiger partial charge in [0.1, 0.15) is 5.52 Å². The third kappa shape index (κ3) is 5.11. The Kier molecular flexibility index (Phi) is 8.80. The lowest BCUT2D eigenvalue weighted by atomic mass is 10.1. The Morgan fingerprint density at radius 1 is 1.28 bits per heavy atom. The maximum atomic E-state index is 11.1. The van der Waals surface area contributed by atoms with E-state index in [0.29, 0.717) is 19.8 Å². The van der Waals surface area contributed by atoms with Crippen molar-refractivity contribution >= 4 is 16.6 Å². The Balaban J connectivity index is 0.000000730. The second-order valence-corrected chi connectivity index (χ2v) is 4.95. The van der Waals surface area contributed by atoms with Crippen molar-refractivity contribution < 1.29 is 14.8 Å². The average Bonchev–Trinajstić information content (AvgIpc) is 2.68. The number of nitro groups is 1. The van der Waals surface area contributed by atoms with Gasteiger partial charge in [0.05, 0.1) is 18.1 Å². The quantitative estimate of drug-likeness (QED) is 0.671. The molecule has 7 heteroatoms. The summed E-state index contributed by atoms with van der Waals surface area (Å²) in [6.07, 6.45) is 1.52. The van der Waals surface area contributed by atoms with E-state index in [1.807, 2.05) is 33.8 Å². The van der Waals surface area contributed by atoms with E-state index in [-0.39, 0.29) is 17.0 Å². The first-order chi connectivity index (χ1) is 12.2. The number of nitro benzene ring substituents is 1. The van der Waals surface area contributed by atoms with Gasteiger partial charge >= 0.3 is 5.69 Å². The molecule has 1 aromatic heterocycles. The van der Waals surface area contributed by atoms with Gasteiger partial charge < -0.3 is 9.84 Å².